The van der Waals surface area contributed by atoms with E-state index in [2.05, 4.69) is 21.3 Å². The Morgan fingerprint density at radius 1 is 0.881 bits per heavy atom. The maximum absolute atomic E-state index is 13.8. The summed E-state index contributed by atoms with van der Waals surface area (Å²) in [6, 6.07) is 4.97. The molecule has 2 unspecified atom stereocenters. The van der Waals surface area contributed by atoms with Crippen molar-refractivity contribution in [3.8, 4) is 0 Å². The van der Waals surface area contributed by atoms with E-state index in [9.17, 15) is 57.8 Å². The Labute approximate surface area is 394 Å². The van der Waals surface area contributed by atoms with E-state index < -0.39 is 60.6 Å². The van der Waals surface area contributed by atoms with Gasteiger partial charge in [0.1, 0.15) is 0 Å². The first-order chi connectivity index (χ1) is 32.0. The molecule has 5 atom stereocenters. The fourth-order valence-corrected chi connectivity index (χ4v) is 8.70. The van der Waals surface area contributed by atoms with E-state index in [1.54, 1.807) is 50.8 Å². The lowest BCUT2D eigenvalue weighted by Crippen LogP contribution is -2.51. The number of Topliss-reactive ketones (excluding diaryl/α,β-unsaturated/α-hetero) is 1. The van der Waals surface area contributed by atoms with Crippen LogP contribution in [0.4, 0.5) is 14.9 Å². The van der Waals surface area contributed by atoms with Gasteiger partial charge in [0.25, 0.3) is 0 Å². The predicted molar refractivity (Wildman–Crippen MR) is 244 cm³/mol. The van der Waals surface area contributed by atoms with Gasteiger partial charge in [-0.1, -0.05) is 39.3 Å². The SMILES string of the molecule is CC[C@H](C)[C@H](CC(=O)[C@H](CCSCCF)NC(=O)Nc1ccc(CNC(=O)CN2CCN(CC(=O)O)CCN(CC(=O)O)CCN3CC(=O)OC3C2)cc1)C(=O)NCCN1C(=O)CC(C)C1=O. The maximum Gasteiger partial charge on any atom is 0.321 e. The number of amides is 6. The van der Waals surface area contributed by atoms with Crippen molar-refractivity contribution in [1.29, 1.82) is 0 Å². The van der Waals surface area contributed by atoms with Crippen LogP contribution >= 0.6 is 11.8 Å². The molecule has 3 fully saturated rings. The fraction of sp³-hybridized carbons (Fsp3) is 0.659. The molecule has 1 aromatic rings. The zero-order valence-electron chi connectivity index (χ0n) is 38.5. The van der Waals surface area contributed by atoms with Gasteiger partial charge in [-0.2, -0.15) is 11.8 Å². The van der Waals surface area contributed by atoms with Crippen LogP contribution in [0, 0.1) is 17.8 Å². The molecular weight excluding hydrogens is 898 g/mol. The number of ether oxygens (including phenoxy) is 1. The van der Waals surface area contributed by atoms with Crippen LogP contribution in [-0.2, 0) is 49.6 Å². The number of aliphatic carboxylic acids is 2. The second-order valence-electron chi connectivity index (χ2n) is 17.1. The van der Waals surface area contributed by atoms with E-state index in [-0.39, 0.29) is 133 Å². The lowest BCUT2D eigenvalue weighted by molar-refractivity contribution is -0.143. The number of thioether (sulfide) groups is 1. The molecule has 372 valence electrons. The number of anilines is 1. The number of fused-ring (bicyclic) bond motifs is 1. The molecule has 6 amide bonds. The highest BCUT2D eigenvalue weighted by atomic mass is 32.2. The molecule has 67 heavy (non-hydrogen) atoms. The lowest BCUT2D eigenvalue weighted by atomic mass is 9.85. The number of hydrogen-bond donors (Lipinski definition) is 6. The quantitative estimate of drug-likeness (QED) is 0.0462. The largest absolute Gasteiger partial charge is 0.480 e. The first-order valence-corrected chi connectivity index (χ1v) is 23.9. The third-order valence-electron chi connectivity index (χ3n) is 12.0. The minimum Gasteiger partial charge on any atom is -0.480 e. The molecule has 0 aliphatic carbocycles. The van der Waals surface area contributed by atoms with Gasteiger partial charge >= 0.3 is 23.9 Å². The minimum atomic E-state index is -1.05. The number of imide groups is 1. The number of nitrogens with zero attached hydrogens (tertiary/aromatic N) is 5. The van der Waals surface area contributed by atoms with Crippen molar-refractivity contribution >= 4 is 70.8 Å². The van der Waals surface area contributed by atoms with Crippen molar-refractivity contribution in [2.24, 2.45) is 17.8 Å². The summed E-state index contributed by atoms with van der Waals surface area (Å²) >= 11 is 1.29. The Hall–Kier alpha value is -5.23. The van der Waals surface area contributed by atoms with E-state index in [4.69, 9.17) is 4.74 Å². The smallest absolute Gasteiger partial charge is 0.321 e. The number of benzene rings is 1. The number of likely N-dealkylation sites (tertiary alicyclic amines) is 1. The number of alkyl halides is 1. The fourth-order valence-electron chi connectivity index (χ4n) is 7.98. The molecule has 0 radical (unpaired) electrons. The third-order valence-corrected chi connectivity index (χ3v) is 13.0. The van der Waals surface area contributed by atoms with Gasteiger partial charge in [0.05, 0.1) is 45.4 Å². The maximum atomic E-state index is 13.8. The van der Waals surface area contributed by atoms with Crippen LogP contribution in [0.25, 0.3) is 0 Å². The Morgan fingerprint density at radius 3 is 2.12 bits per heavy atom. The number of carbonyl (C=O) groups excluding carboxylic acids is 7. The van der Waals surface area contributed by atoms with Crippen molar-refractivity contribution in [2.45, 2.75) is 65.3 Å². The van der Waals surface area contributed by atoms with Crippen LogP contribution in [0.15, 0.2) is 24.3 Å². The number of rotatable bonds is 24. The van der Waals surface area contributed by atoms with Gasteiger partial charge < -0.3 is 36.2 Å². The number of ketones is 1. The van der Waals surface area contributed by atoms with Crippen LogP contribution in [0.2, 0.25) is 0 Å². The number of urea groups is 1. The summed E-state index contributed by atoms with van der Waals surface area (Å²) in [5, 5.41) is 30.0. The molecule has 23 heteroatoms. The molecule has 0 saturated carbocycles. The number of carboxylic acid groups (broad SMARTS) is 2. The third kappa shape index (κ3) is 18.4. The monoisotopic (exact) mass is 963 g/mol. The number of carboxylic acids is 2. The standard InChI is InChI=1S/C44H66FN9O12S/c1-4-29(2)33(42(63)46-11-12-54-37(57)21-30(3)43(54)64)22-35(55)34(9-19-67-20-10-45)49-44(65)48-32-7-5-31(6-8-32)23-47-36(56)24-52-16-15-50(26-39(58)59)13-14-51(27-40(60)61)17-18-53-28-41(62)66-38(53)25-52/h5-8,29-30,33-34,38H,4,9-28H2,1-3H3,(H,46,63)(H,47,56)(H,58,59)(H,60,61)(H2,48,49,65)/t29-,30?,33-,34-,38?/m0/s1. The van der Waals surface area contributed by atoms with Gasteiger partial charge in [-0.15, -0.1) is 0 Å². The average molecular weight is 964 g/mol. The molecule has 3 aliphatic rings. The molecule has 3 saturated heterocycles. The Morgan fingerprint density at radius 2 is 1.52 bits per heavy atom. The number of nitrogens with one attached hydrogen (secondary N) is 4. The van der Waals surface area contributed by atoms with Crippen molar-refractivity contribution < 1.29 is 62.5 Å². The first-order valence-electron chi connectivity index (χ1n) is 22.7. The zero-order chi connectivity index (χ0) is 49.0. The van der Waals surface area contributed by atoms with Crippen LogP contribution in [0.3, 0.4) is 0 Å². The van der Waals surface area contributed by atoms with E-state index in [0.717, 1.165) is 4.90 Å². The van der Waals surface area contributed by atoms with E-state index in [1.807, 2.05) is 13.8 Å². The first kappa shape index (κ1) is 54.4. The summed E-state index contributed by atoms with van der Waals surface area (Å²) in [4.78, 5) is 122. The highest BCUT2D eigenvalue weighted by Gasteiger charge is 2.37. The molecule has 6 N–H and O–H groups in total. The highest BCUT2D eigenvalue weighted by molar-refractivity contribution is 7.99. The normalized spacial score (nSPS) is 20.4. The number of hydrogen-bond acceptors (Lipinski definition) is 15. The van der Waals surface area contributed by atoms with E-state index in [1.165, 1.54) is 11.8 Å². The van der Waals surface area contributed by atoms with Gasteiger partial charge in [-0.25, -0.2) is 4.79 Å². The molecule has 0 bridgehead atoms. The Bertz CT molecular complexity index is 1900. The van der Waals surface area contributed by atoms with E-state index in [0.29, 0.717) is 36.5 Å². The van der Waals surface area contributed by atoms with Gasteiger partial charge in [-0.3, -0.25) is 67.2 Å². The number of esters is 1. The second-order valence-corrected chi connectivity index (χ2v) is 18.4. The lowest BCUT2D eigenvalue weighted by Gasteiger charge is -2.33. The summed E-state index contributed by atoms with van der Waals surface area (Å²) < 4.78 is 18.4. The zero-order valence-corrected chi connectivity index (χ0v) is 39.4. The summed E-state index contributed by atoms with van der Waals surface area (Å²) in [6.45, 7) is 6.29. The van der Waals surface area contributed by atoms with Crippen LogP contribution in [0.1, 0.15) is 52.0 Å². The molecule has 21 nitrogen and oxygen atoms in total. The predicted octanol–water partition coefficient (Wildman–Crippen LogP) is 0.292. The van der Waals surface area contributed by atoms with Gasteiger partial charge in [0, 0.05) is 95.0 Å². The number of halogens is 1. The highest BCUT2D eigenvalue weighted by Crippen LogP contribution is 2.23. The van der Waals surface area contributed by atoms with Crippen molar-refractivity contribution in [3.05, 3.63) is 29.8 Å². The Kier molecular flexibility index (Phi) is 22.4. The van der Waals surface area contributed by atoms with Crippen molar-refractivity contribution in [3.63, 3.8) is 0 Å². The average Bonchev–Trinajstić information content (AvgIpc) is 3.75. The van der Waals surface area contributed by atoms with Gasteiger partial charge in [0.15, 0.2) is 12.0 Å². The van der Waals surface area contributed by atoms with Gasteiger partial charge in [0.2, 0.25) is 23.6 Å². The summed E-state index contributed by atoms with van der Waals surface area (Å²) in [5.74, 6) is -5.00. The molecule has 0 aromatic heterocycles. The van der Waals surface area contributed by atoms with Crippen LogP contribution < -0.4 is 21.3 Å². The van der Waals surface area contributed by atoms with Crippen LogP contribution in [0.5, 0.6) is 0 Å². The molecule has 4 rings (SSSR count). The summed E-state index contributed by atoms with van der Waals surface area (Å²) in [6.07, 6.45) is 0.0287. The molecule has 1 aromatic carbocycles. The molecule has 3 heterocycles. The summed E-state index contributed by atoms with van der Waals surface area (Å²) in [7, 11) is 0. The van der Waals surface area contributed by atoms with Crippen molar-refractivity contribution in [2.75, 3.05) is 109 Å². The van der Waals surface area contributed by atoms with E-state index >= 15 is 0 Å². The van der Waals surface area contributed by atoms with Gasteiger partial charge in [-0.05, 0) is 35.8 Å². The van der Waals surface area contributed by atoms with Crippen molar-refractivity contribution in [1.82, 2.24) is 40.4 Å². The molecular formula is C44H66FN9O12S. The molecule has 3 aliphatic heterocycles. The molecule has 0 spiro atoms. The minimum absolute atomic E-state index is 0.0126. The topological polar surface area (TPSA) is 268 Å². The van der Waals surface area contributed by atoms with Crippen LogP contribution in [-0.4, -0.2) is 204 Å². The summed E-state index contributed by atoms with van der Waals surface area (Å²) in [5.41, 5.74) is 1.08. The Balaban J connectivity index is 1.32. The second kappa shape index (κ2) is 27.6. The number of carbonyl (C=O) groups is 9.